The molecule has 1 saturated carbocycles. The van der Waals surface area contributed by atoms with Crippen LogP contribution in [0.2, 0.25) is 0 Å². The minimum atomic E-state index is -0.226. The largest absolute Gasteiger partial charge is 0.341 e. The van der Waals surface area contributed by atoms with E-state index in [1.54, 1.807) is 0 Å². The summed E-state index contributed by atoms with van der Waals surface area (Å²) >= 11 is 0. The van der Waals surface area contributed by atoms with Crippen molar-refractivity contribution in [1.29, 1.82) is 0 Å². The molecular weight excluding hydrogens is 352 g/mol. The van der Waals surface area contributed by atoms with Crippen LogP contribution in [0, 0.1) is 12.8 Å². The van der Waals surface area contributed by atoms with Crippen molar-refractivity contribution in [2.45, 2.75) is 51.0 Å². The number of likely N-dealkylation sites (N-methyl/N-ethyl adjacent to an activating group) is 1. The number of piperidine rings is 1. The number of hydrogen-bond acceptors (Lipinski definition) is 5. The first kappa shape index (κ1) is 19.1. The lowest BCUT2D eigenvalue weighted by Crippen LogP contribution is -2.44. The molecule has 1 atom stereocenters. The van der Waals surface area contributed by atoms with Crippen LogP contribution >= 0.6 is 0 Å². The predicted octanol–water partition coefficient (Wildman–Crippen LogP) is 3.34. The average Bonchev–Trinajstić information content (AvgIpc) is 3.43. The molecule has 2 heterocycles. The first-order valence-electron chi connectivity index (χ1n) is 10.4. The maximum atomic E-state index is 13.2. The lowest BCUT2D eigenvalue weighted by molar-refractivity contribution is -0.137. The van der Waals surface area contributed by atoms with Gasteiger partial charge in [-0.15, -0.1) is 0 Å². The standard InChI is InChI=1S/C22H30N4O2/c1-15-4-6-17(7-5-15)20(25(2)3)22(27)26-12-10-16(11-13-26)14-19-23-21(28-24-19)18-8-9-18/h4-7,16,18,20H,8-14H2,1-3H3. The molecular formula is C22H30N4O2. The van der Waals surface area contributed by atoms with Crippen molar-refractivity contribution in [3.05, 3.63) is 47.1 Å². The van der Waals surface area contributed by atoms with Crippen LogP contribution in [0.5, 0.6) is 0 Å². The maximum Gasteiger partial charge on any atom is 0.244 e. The third kappa shape index (κ3) is 4.27. The van der Waals surface area contributed by atoms with Gasteiger partial charge in [0.15, 0.2) is 5.82 Å². The Morgan fingerprint density at radius 2 is 1.86 bits per heavy atom. The minimum absolute atomic E-state index is 0.197. The second-order valence-corrected chi connectivity index (χ2v) is 8.57. The molecule has 1 saturated heterocycles. The van der Waals surface area contributed by atoms with E-state index >= 15 is 0 Å². The molecule has 1 amide bonds. The molecule has 2 aromatic rings. The molecule has 150 valence electrons. The summed E-state index contributed by atoms with van der Waals surface area (Å²) < 4.78 is 5.37. The molecule has 1 aliphatic heterocycles. The van der Waals surface area contributed by atoms with Gasteiger partial charge in [-0.1, -0.05) is 35.0 Å². The smallest absolute Gasteiger partial charge is 0.244 e. The Hall–Kier alpha value is -2.21. The Labute approximate surface area is 166 Å². The summed E-state index contributed by atoms with van der Waals surface area (Å²) in [4.78, 5) is 21.8. The Morgan fingerprint density at radius 1 is 1.18 bits per heavy atom. The van der Waals surface area contributed by atoms with Crippen molar-refractivity contribution < 1.29 is 9.32 Å². The van der Waals surface area contributed by atoms with Gasteiger partial charge in [0.1, 0.15) is 6.04 Å². The molecule has 4 rings (SSSR count). The van der Waals surface area contributed by atoms with Crippen molar-refractivity contribution in [2.75, 3.05) is 27.2 Å². The van der Waals surface area contributed by atoms with Crippen molar-refractivity contribution in [1.82, 2.24) is 19.9 Å². The summed E-state index contributed by atoms with van der Waals surface area (Å²) in [6.07, 6.45) is 5.19. The topological polar surface area (TPSA) is 62.5 Å². The third-order valence-corrected chi connectivity index (χ3v) is 5.95. The summed E-state index contributed by atoms with van der Waals surface area (Å²) in [5.74, 6) is 2.87. The van der Waals surface area contributed by atoms with Gasteiger partial charge in [-0.3, -0.25) is 9.69 Å². The number of hydrogen-bond donors (Lipinski definition) is 0. The second-order valence-electron chi connectivity index (χ2n) is 8.57. The van der Waals surface area contributed by atoms with Gasteiger partial charge in [-0.2, -0.15) is 4.98 Å². The molecule has 1 aromatic carbocycles. The number of likely N-dealkylation sites (tertiary alicyclic amines) is 1. The quantitative estimate of drug-likeness (QED) is 0.767. The van der Waals surface area contributed by atoms with Crippen LogP contribution in [0.15, 0.2) is 28.8 Å². The van der Waals surface area contributed by atoms with Crippen molar-refractivity contribution in [3.8, 4) is 0 Å². The summed E-state index contributed by atoms with van der Waals surface area (Å²) in [6.45, 7) is 3.67. The van der Waals surface area contributed by atoms with Gasteiger partial charge in [0.25, 0.3) is 0 Å². The number of rotatable bonds is 6. The second kappa shape index (κ2) is 8.03. The van der Waals surface area contributed by atoms with E-state index in [0.717, 1.165) is 49.6 Å². The average molecular weight is 383 g/mol. The normalized spacial score (nSPS) is 19.2. The first-order chi connectivity index (χ1) is 13.5. The maximum absolute atomic E-state index is 13.2. The summed E-state index contributed by atoms with van der Waals surface area (Å²) in [6, 6.07) is 8.06. The number of benzene rings is 1. The van der Waals surface area contributed by atoms with Crippen molar-refractivity contribution in [2.24, 2.45) is 5.92 Å². The predicted molar refractivity (Wildman–Crippen MR) is 107 cm³/mol. The van der Waals surface area contributed by atoms with Crippen LogP contribution in [0.4, 0.5) is 0 Å². The van der Waals surface area contributed by atoms with Crippen LogP contribution in [-0.2, 0) is 11.2 Å². The Morgan fingerprint density at radius 3 is 2.46 bits per heavy atom. The van der Waals surface area contributed by atoms with E-state index in [0.29, 0.717) is 11.8 Å². The number of aryl methyl sites for hydroxylation is 1. The molecule has 28 heavy (non-hydrogen) atoms. The number of carbonyl (C=O) groups is 1. The van der Waals surface area contributed by atoms with E-state index in [1.807, 2.05) is 23.9 Å². The molecule has 2 aliphatic rings. The number of amides is 1. The van der Waals surface area contributed by atoms with E-state index in [-0.39, 0.29) is 11.9 Å². The molecule has 1 aromatic heterocycles. The number of carbonyl (C=O) groups excluding carboxylic acids is 1. The molecule has 0 N–H and O–H groups in total. The lowest BCUT2D eigenvalue weighted by atomic mass is 9.92. The zero-order chi connectivity index (χ0) is 19.7. The number of aromatic nitrogens is 2. The molecule has 6 heteroatoms. The highest BCUT2D eigenvalue weighted by Gasteiger charge is 2.32. The van der Waals surface area contributed by atoms with Gasteiger partial charge < -0.3 is 9.42 Å². The van der Waals surface area contributed by atoms with Gasteiger partial charge in [-0.25, -0.2) is 0 Å². The van der Waals surface area contributed by atoms with Crippen LogP contribution in [-0.4, -0.2) is 53.0 Å². The van der Waals surface area contributed by atoms with Crippen LogP contribution in [0.3, 0.4) is 0 Å². The van der Waals surface area contributed by atoms with Crippen LogP contribution in [0.25, 0.3) is 0 Å². The minimum Gasteiger partial charge on any atom is -0.341 e. The van der Waals surface area contributed by atoms with Gasteiger partial charge in [0, 0.05) is 25.4 Å². The Bertz CT molecular complexity index is 802. The SMILES string of the molecule is Cc1ccc(C(C(=O)N2CCC(Cc3noc(C4CC4)n3)CC2)N(C)C)cc1. The highest BCUT2D eigenvalue weighted by molar-refractivity contribution is 5.83. The fourth-order valence-electron chi connectivity index (χ4n) is 4.05. The summed E-state index contributed by atoms with van der Waals surface area (Å²) in [5.41, 5.74) is 2.27. The third-order valence-electron chi connectivity index (χ3n) is 5.95. The van der Waals surface area contributed by atoms with Crippen LogP contribution < -0.4 is 0 Å². The van der Waals surface area contributed by atoms with Gasteiger partial charge in [-0.05, 0) is 58.2 Å². The first-order valence-corrected chi connectivity index (χ1v) is 10.4. The number of nitrogens with zero attached hydrogens (tertiary/aromatic N) is 4. The van der Waals surface area contributed by atoms with E-state index < -0.39 is 0 Å². The van der Waals surface area contributed by atoms with Crippen molar-refractivity contribution in [3.63, 3.8) is 0 Å². The summed E-state index contributed by atoms with van der Waals surface area (Å²) in [5, 5.41) is 4.15. The van der Waals surface area contributed by atoms with Crippen LogP contribution in [0.1, 0.15) is 60.5 Å². The molecule has 1 aliphatic carbocycles. The van der Waals surface area contributed by atoms with Gasteiger partial charge in [0.2, 0.25) is 11.8 Å². The lowest BCUT2D eigenvalue weighted by Gasteiger charge is -2.36. The molecule has 1 unspecified atom stereocenters. The highest BCUT2D eigenvalue weighted by Crippen LogP contribution is 2.39. The van der Waals surface area contributed by atoms with Crippen molar-refractivity contribution >= 4 is 5.91 Å². The summed E-state index contributed by atoms with van der Waals surface area (Å²) in [7, 11) is 3.95. The fraction of sp³-hybridized carbons (Fsp3) is 0.591. The van der Waals surface area contributed by atoms with Gasteiger partial charge in [0.05, 0.1) is 0 Å². The Kier molecular flexibility index (Phi) is 5.49. The molecule has 0 bridgehead atoms. The molecule has 0 spiro atoms. The van der Waals surface area contributed by atoms with Gasteiger partial charge >= 0.3 is 0 Å². The van der Waals surface area contributed by atoms with E-state index in [9.17, 15) is 4.79 Å². The molecule has 2 fully saturated rings. The zero-order valence-electron chi connectivity index (χ0n) is 17.1. The molecule has 0 radical (unpaired) electrons. The molecule has 6 nitrogen and oxygen atoms in total. The fourth-order valence-corrected chi connectivity index (χ4v) is 4.05. The van der Waals surface area contributed by atoms with E-state index in [2.05, 4.69) is 41.3 Å². The Balaban J connectivity index is 1.34. The van der Waals surface area contributed by atoms with E-state index in [4.69, 9.17) is 4.52 Å². The monoisotopic (exact) mass is 382 g/mol. The van der Waals surface area contributed by atoms with E-state index in [1.165, 1.54) is 18.4 Å². The highest BCUT2D eigenvalue weighted by atomic mass is 16.5. The zero-order valence-corrected chi connectivity index (χ0v) is 17.1.